The minimum atomic E-state index is -0.997. The van der Waals surface area contributed by atoms with Crippen LogP contribution in [0.1, 0.15) is 88.7 Å². The molecule has 0 aliphatic heterocycles. The molecule has 4 heteroatoms. The molecule has 0 saturated heterocycles. The SMILES string of the molecule is CCCC(CCC=CCCCCCCCc1ccc(CN(C)CCCNC)c(O)c1)[Si](C)(C)C. The Kier molecular flexibility index (Phi) is 16.6. The second-order valence-electron chi connectivity index (χ2n) is 11.4. The molecule has 1 unspecified atom stereocenters. The van der Waals surface area contributed by atoms with Gasteiger partial charge in [0.2, 0.25) is 0 Å². The fraction of sp³-hybridized carbons (Fsp3) is 0.733. The van der Waals surface area contributed by atoms with Crippen molar-refractivity contribution in [1.82, 2.24) is 10.2 Å². The highest BCUT2D eigenvalue weighted by molar-refractivity contribution is 6.77. The van der Waals surface area contributed by atoms with Crippen molar-refractivity contribution in [3.05, 3.63) is 41.5 Å². The van der Waals surface area contributed by atoms with Crippen molar-refractivity contribution >= 4 is 8.07 Å². The number of aryl methyl sites for hydroxylation is 1. The van der Waals surface area contributed by atoms with Crippen LogP contribution in [0.25, 0.3) is 0 Å². The lowest BCUT2D eigenvalue weighted by Crippen LogP contribution is -2.27. The molecule has 0 spiro atoms. The lowest BCUT2D eigenvalue weighted by atomic mass is 10.0. The number of phenolic OH excluding ortho intramolecular Hbond substituents is 1. The highest BCUT2D eigenvalue weighted by atomic mass is 28.3. The van der Waals surface area contributed by atoms with Gasteiger partial charge in [-0.2, -0.15) is 0 Å². The number of allylic oxidation sites excluding steroid dienone is 2. The van der Waals surface area contributed by atoms with Gasteiger partial charge in [0, 0.05) is 20.2 Å². The molecule has 1 aromatic rings. The van der Waals surface area contributed by atoms with E-state index in [2.05, 4.69) is 68.1 Å². The molecule has 1 atom stereocenters. The molecule has 0 radical (unpaired) electrons. The Morgan fingerprint density at radius 2 is 1.68 bits per heavy atom. The Bertz CT molecular complexity index is 668. The fourth-order valence-electron chi connectivity index (χ4n) is 4.81. The zero-order chi connectivity index (χ0) is 25.2. The van der Waals surface area contributed by atoms with Crippen molar-refractivity contribution in [3.63, 3.8) is 0 Å². The van der Waals surface area contributed by atoms with Crippen molar-refractivity contribution in [2.24, 2.45) is 0 Å². The smallest absolute Gasteiger partial charge is 0.120 e. The van der Waals surface area contributed by atoms with E-state index in [0.29, 0.717) is 5.75 Å². The largest absolute Gasteiger partial charge is 0.508 e. The first kappa shape index (κ1) is 30.9. The molecule has 0 saturated carbocycles. The van der Waals surface area contributed by atoms with E-state index in [1.807, 2.05) is 13.1 Å². The Morgan fingerprint density at radius 3 is 2.35 bits per heavy atom. The summed E-state index contributed by atoms with van der Waals surface area (Å²) >= 11 is 0. The van der Waals surface area contributed by atoms with Crippen LogP contribution in [0.3, 0.4) is 0 Å². The van der Waals surface area contributed by atoms with E-state index in [-0.39, 0.29) is 0 Å². The molecule has 0 fully saturated rings. The molecule has 2 N–H and O–H groups in total. The van der Waals surface area contributed by atoms with Crippen LogP contribution in [0.2, 0.25) is 25.2 Å². The Morgan fingerprint density at radius 1 is 0.971 bits per heavy atom. The maximum absolute atomic E-state index is 10.4. The van der Waals surface area contributed by atoms with E-state index in [9.17, 15) is 5.11 Å². The number of phenols is 1. The number of hydrogen-bond acceptors (Lipinski definition) is 3. The van der Waals surface area contributed by atoms with Gasteiger partial charge in [-0.25, -0.2) is 0 Å². The summed E-state index contributed by atoms with van der Waals surface area (Å²) in [6.07, 6.45) is 20.2. The minimum Gasteiger partial charge on any atom is -0.508 e. The zero-order valence-corrected chi connectivity index (χ0v) is 24.5. The van der Waals surface area contributed by atoms with Crippen LogP contribution >= 0.6 is 0 Å². The maximum atomic E-state index is 10.4. The van der Waals surface area contributed by atoms with E-state index >= 15 is 0 Å². The summed E-state index contributed by atoms with van der Waals surface area (Å²) in [5.74, 6) is 0.454. The Balaban J connectivity index is 2.14. The Labute approximate surface area is 213 Å². The van der Waals surface area contributed by atoms with Crippen LogP contribution in [0.4, 0.5) is 0 Å². The average Bonchev–Trinajstić information content (AvgIpc) is 2.78. The number of nitrogens with zero attached hydrogens (tertiary/aromatic N) is 1. The molecule has 0 bridgehead atoms. The zero-order valence-electron chi connectivity index (χ0n) is 23.5. The van der Waals surface area contributed by atoms with Crippen LogP contribution in [0.5, 0.6) is 5.75 Å². The molecule has 1 aromatic carbocycles. The third-order valence-electron chi connectivity index (χ3n) is 7.10. The van der Waals surface area contributed by atoms with Gasteiger partial charge in [0.15, 0.2) is 0 Å². The monoisotopic (exact) mass is 488 g/mol. The molecule has 196 valence electrons. The molecule has 34 heavy (non-hydrogen) atoms. The normalized spacial score (nSPS) is 13.3. The molecular weight excluding hydrogens is 432 g/mol. The van der Waals surface area contributed by atoms with Gasteiger partial charge in [0.05, 0.1) is 0 Å². The van der Waals surface area contributed by atoms with Crippen LogP contribution in [-0.4, -0.2) is 45.3 Å². The van der Waals surface area contributed by atoms with E-state index in [4.69, 9.17) is 0 Å². The number of aromatic hydroxyl groups is 1. The summed E-state index contributed by atoms with van der Waals surface area (Å²) in [4.78, 5) is 2.28. The van der Waals surface area contributed by atoms with Crippen molar-refractivity contribution in [3.8, 4) is 5.75 Å². The van der Waals surface area contributed by atoms with Gasteiger partial charge >= 0.3 is 0 Å². The summed E-state index contributed by atoms with van der Waals surface area (Å²) in [5.41, 5.74) is 3.28. The van der Waals surface area contributed by atoms with E-state index in [1.54, 1.807) is 0 Å². The topological polar surface area (TPSA) is 35.5 Å². The number of unbranched alkanes of at least 4 members (excludes halogenated alkanes) is 5. The number of nitrogens with one attached hydrogen (secondary N) is 1. The third kappa shape index (κ3) is 14.3. The molecule has 0 aliphatic carbocycles. The predicted molar refractivity (Wildman–Crippen MR) is 155 cm³/mol. The van der Waals surface area contributed by atoms with Crippen LogP contribution < -0.4 is 5.32 Å². The van der Waals surface area contributed by atoms with Crippen molar-refractivity contribution in [1.29, 1.82) is 0 Å². The van der Waals surface area contributed by atoms with Crippen LogP contribution in [0.15, 0.2) is 30.4 Å². The molecule has 0 aliphatic rings. The van der Waals surface area contributed by atoms with Crippen LogP contribution in [-0.2, 0) is 13.0 Å². The van der Waals surface area contributed by atoms with Gasteiger partial charge in [-0.3, -0.25) is 0 Å². The van der Waals surface area contributed by atoms with Gasteiger partial charge in [-0.1, -0.05) is 83.0 Å². The maximum Gasteiger partial charge on any atom is 0.120 e. The van der Waals surface area contributed by atoms with E-state index in [1.165, 1.54) is 69.8 Å². The second-order valence-corrected chi connectivity index (χ2v) is 16.9. The average molecular weight is 489 g/mol. The molecule has 0 amide bonds. The second kappa shape index (κ2) is 18.2. The molecule has 0 aromatic heterocycles. The Hall–Kier alpha value is -1.10. The number of rotatable bonds is 20. The van der Waals surface area contributed by atoms with E-state index in [0.717, 1.165) is 43.6 Å². The fourth-order valence-corrected chi connectivity index (χ4v) is 7.00. The number of benzene rings is 1. The minimum absolute atomic E-state index is 0.454. The first-order valence-electron chi connectivity index (χ1n) is 14.1. The third-order valence-corrected chi connectivity index (χ3v) is 10.1. The summed E-state index contributed by atoms with van der Waals surface area (Å²) in [5, 5.41) is 13.6. The molecular formula is C30H56N2OSi. The van der Waals surface area contributed by atoms with Gasteiger partial charge in [-0.15, -0.1) is 0 Å². The van der Waals surface area contributed by atoms with Gasteiger partial charge in [0.25, 0.3) is 0 Å². The van der Waals surface area contributed by atoms with Gasteiger partial charge in [0.1, 0.15) is 5.75 Å². The van der Waals surface area contributed by atoms with Gasteiger partial charge in [-0.05, 0) is 89.3 Å². The summed E-state index contributed by atoms with van der Waals surface area (Å²) in [7, 11) is 3.11. The van der Waals surface area contributed by atoms with Crippen molar-refractivity contribution in [2.75, 3.05) is 27.2 Å². The first-order valence-corrected chi connectivity index (χ1v) is 17.6. The lowest BCUT2D eigenvalue weighted by Gasteiger charge is -2.28. The van der Waals surface area contributed by atoms with Crippen molar-refractivity contribution in [2.45, 2.75) is 116 Å². The first-order chi connectivity index (χ1) is 16.3. The summed E-state index contributed by atoms with van der Waals surface area (Å²) < 4.78 is 0. The highest BCUT2D eigenvalue weighted by Crippen LogP contribution is 2.31. The van der Waals surface area contributed by atoms with Crippen LogP contribution in [0, 0.1) is 0 Å². The number of hydrogen-bond donors (Lipinski definition) is 2. The highest BCUT2D eigenvalue weighted by Gasteiger charge is 2.24. The predicted octanol–water partition coefficient (Wildman–Crippen LogP) is 8.16. The molecule has 0 heterocycles. The summed E-state index contributed by atoms with van der Waals surface area (Å²) in [6.45, 7) is 12.8. The quantitative estimate of drug-likeness (QED) is 0.110. The van der Waals surface area contributed by atoms with Gasteiger partial charge < -0.3 is 15.3 Å². The summed E-state index contributed by atoms with van der Waals surface area (Å²) in [6, 6.07) is 6.29. The lowest BCUT2D eigenvalue weighted by molar-refractivity contribution is 0.315. The molecule has 1 rings (SSSR count). The van der Waals surface area contributed by atoms with E-state index < -0.39 is 8.07 Å². The standard InChI is InChI=1S/C30H56N2OSi/c1-7-18-29(34(4,5)6)20-16-14-12-10-8-9-11-13-15-19-27-21-22-28(30(33)25-27)26-32(3)24-17-23-31-2/h12,14,21-22,25,29,31,33H,7-11,13,15-20,23-24,26H2,1-6H3. The van der Waals surface area contributed by atoms with Crippen molar-refractivity contribution < 1.29 is 5.11 Å². The molecule has 3 nitrogen and oxygen atoms in total.